The lowest BCUT2D eigenvalue weighted by Gasteiger charge is -2.46. The smallest absolute Gasteiger partial charge is 0.288 e. The topological polar surface area (TPSA) is 142 Å². The van der Waals surface area contributed by atoms with Crippen molar-refractivity contribution in [3.05, 3.63) is 35.9 Å². The highest BCUT2D eigenvalue weighted by Crippen LogP contribution is 2.39. The number of amides is 3. The molecular formula is C40H63N5O8. The lowest BCUT2D eigenvalue weighted by molar-refractivity contribution is -0.288. The number of rotatable bonds is 6. The first-order valence-corrected chi connectivity index (χ1v) is 19.4. The summed E-state index contributed by atoms with van der Waals surface area (Å²) in [7, 11) is 5.27. The molecule has 2 N–H and O–H groups in total. The van der Waals surface area contributed by atoms with Gasteiger partial charge < -0.3 is 44.1 Å². The summed E-state index contributed by atoms with van der Waals surface area (Å²) in [5, 5.41) is 15.5. The molecule has 12 atom stereocenters. The number of aliphatic imine (C=N–C) groups is 1. The number of aliphatic hydroxyl groups is 1. The predicted molar refractivity (Wildman–Crippen MR) is 201 cm³/mol. The zero-order chi connectivity index (χ0) is 38.8. The van der Waals surface area contributed by atoms with E-state index < -0.39 is 54.1 Å². The van der Waals surface area contributed by atoms with Crippen molar-refractivity contribution in [3.8, 4) is 0 Å². The maximum absolute atomic E-state index is 14.3. The van der Waals surface area contributed by atoms with Crippen LogP contribution in [0.5, 0.6) is 0 Å². The Morgan fingerprint density at radius 2 is 1.77 bits per heavy atom. The Balaban J connectivity index is 1.51. The van der Waals surface area contributed by atoms with E-state index in [0.717, 1.165) is 5.56 Å². The molecule has 0 radical (unpaired) electrons. The van der Waals surface area contributed by atoms with Crippen LogP contribution in [0.4, 0.5) is 0 Å². The van der Waals surface area contributed by atoms with E-state index in [1.165, 1.54) is 0 Å². The number of hydrogen-bond acceptors (Lipinski definition) is 9. The summed E-state index contributed by atoms with van der Waals surface area (Å²) in [5.41, 5.74) is -0.555. The summed E-state index contributed by atoms with van der Waals surface area (Å²) in [5.74, 6) is -2.22. The number of ether oxygens (including phenoxy) is 4. The van der Waals surface area contributed by atoms with Crippen LogP contribution in [-0.2, 0) is 39.8 Å². The summed E-state index contributed by atoms with van der Waals surface area (Å²) in [4.78, 5) is 52.6. The third-order valence-corrected chi connectivity index (χ3v) is 11.5. The SMILES string of the molecule is CO[C@H]1[C@H](C)[C@@H](O[C@@H]2O[C@H](C)C[C@H]3[C@H]2O/C(=N/C(C)C)N3C)[C@](C)(O)C[C@@H](C)CN(C)C(=O)[C@@H]2CCCN2C(=O)[C@H](Cc2ccccc2)NC(=O)[C@@H]1C. The molecule has 13 heteroatoms. The fourth-order valence-electron chi connectivity index (χ4n) is 9.04. The predicted octanol–water partition coefficient (Wildman–Crippen LogP) is 3.23. The third-order valence-electron chi connectivity index (χ3n) is 11.5. The molecule has 1 aromatic rings. The zero-order valence-electron chi connectivity index (χ0n) is 33.4. The molecule has 0 saturated carbocycles. The van der Waals surface area contributed by atoms with Crippen molar-refractivity contribution in [3.63, 3.8) is 0 Å². The highest BCUT2D eigenvalue weighted by atomic mass is 16.7. The number of methoxy groups -OCH3 is 1. The molecule has 1 aromatic carbocycles. The molecule has 5 rings (SSSR count). The van der Waals surface area contributed by atoms with E-state index in [2.05, 4.69) is 5.32 Å². The first-order chi connectivity index (χ1) is 25.0. The number of hydrogen-bond donors (Lipinski definition) is 2. The van der Waals surface area contributed by atoms with Gasteiger partial charge in [0.05, 0.1) is 35.9 Å². The van der Waals surface area contributed by atoms with Crippen LogP contribution in [0.2, 0.25) is 0 Å². The van der Waals surface area contributed by atoms with Gasteiger partial charge >= 0.3 is 0 Å². The minimum Gasteiger partial charge on any atom is -0.454 e. The van der Waals surface area contributed by atoms with Crippen LogP contribution in [0.3, 0.4) is 0 Å². The van der Waals surface area contributed by atoms with Crippen LogP contribution in [0, 0.1) is 17.8 Å². The van der Waals surface area contributed by atoms with Crippen molar-refractivity contribution >= 4 is 23.7 Å². The van der Waals surface area contributed by atoms with Crippen LogP contribution in [0.15, 0.2) is 35.3 Å². The number of likely N-dealkylation sites (N-methyl/N-ethyl adjacent to an activating group) is 2. The molecule has 4 aliphatic heterocycles. The number of benzene rings is 1. The van der Waals surface area contributed by atoms with Gasteiger partial charge in [-0.3, -0.25) is 14.4 Å². The Bertz CT molecular complexity index is 1460. The minimum absolute atomic E-state index is 0.0278. The quantitative estimate of drug-likeness (QED) is 0.450. The fraction of sp³-hybridized carbons (Fsp3) is 0.750. The average molecular weight is 742 g/mol. The summed E-state index contributed by atoms with van der Waals surface area (Å²) in [6.45, 7) is 14.2. The number of nitrogens with one attached hydrogen (secondary N) is 1. The van der Waals surface area contributed by atoms with Crippen molar-refractivity contribution in [2.75, 3.05) is 34.3 Å². The summed E-state index contributed by atoms with van der Waals surface area (Å²) in [6, 6.07) is 8.54. The molecule has 0 spiro atoms. The molecule has 3 amide bonds. The molecule has 4 fully saturated rings. The van der Waals surface area contributed by atoms with Gasteiger partial charge in [-0.15, -0.1) is 0 Å². The van der Waals surface area contributed by atoms with Gasteiger partial charge in [-0.25, -0.2) is 4.99 Å². The molecule has 296 valence electrons. The van der Waals surface area contributed by atoms with E-state index in [0.29, 0.717) is 38.4 Å². The molecular weight excluding hydrogens is 678 g/mol. The average Bonchev–Trinajstić information content (AvgIpc) is 3.70. The van der Waals surface area contributed by atoms with E-state index in [1.807, 2.05) is 76.9 Å². The van der Waals surface area contributed by atoms with Crippen LogP contribution >= 0.6 is 0 Å². The number of fused-ring (bicyclic) bond motifs is 2. The lowest BCUT2D eigenvalue weighted by atomic mass is 9.77. The van der Waals surface area contributed by atoms with Gasteiger partial charge in [-0.2, -0.15) is 0 Å². The van der Waals surface area contributed by atoms with Gasteiger partial charge in [-0.05, 0) is 64.9 Å². The first kappa shape index (κ1) is 40.9. The van der Waals surface area contributed by atoms with Crippen molar-refractivity contribution in [2.45, 2.75) is 141 Å². The molecule has 4 saturated heterocycles. The second-order valence-electron chi connectivity index (χ2n) is 16.5. The van der Waals surface area contributed by atoms with Crippen LogP contribution in [0.25, 0.3) is 0 Å². The molecule has 13 nitrogen and oxygen atoms in total. The standard InChI is InChI=1S/C40H63N5O8/c1-23(2)41-39-44(9)31-19-25(4)51-38(33(31)52-39)53-34-26(5)32(50-10)27(6)35(46)42-29(20-28-15-12-11-13-16-28)36(47)45-18-14-17-30(45)37(48)43(8)22-24(3)21-40(34,7)49/h11-13,15-16,23-27,29-34,38,49H,14,17-22H2,1-10H3,(H,42,46)/b41-39+/t24-,25-,26+,27-,29+,30+,31+,32+,33-,34-,38+,40-/m1/s1. The largest absolute Gasteiger partial charge is 0.454 e. The molecule has 53 heavy (non-hydrogen) atoms. The van der Waals surface area contributed by atoms with E-state index in [4.69, 9.17) is 23.9 Å². The zero-order valence-corrected chi connectivity index (χ0v) is 33.4. The molecule has 0 aromatic heterocycles. The van der Waals surface area contributed by atoms with Crippen LogP contribution in [-0.4, -0.2) is 138 Å². The fourth-order valence-corrected chi connectivity index (χ4v) is 9.04. The van der Waals surface area contributed by atoms with Gasteiger partial charge in [0.1, 0.15) is 12.1 Å². The first-order valence-electron chi connectivity index (χ1n) is 19.4. The van der Waals surface area contributed by atoms with Gasteiger partial charge in [0.15, 0.2) is 12.4 Å². The molecule has 0 aliphatic carbocycles. The Morgan fingerprint density at radius 3 is 2.43 bits per heavy atom. The lowest BCUT2D eigenvalue weighted by Crippen LogP contribution is -2.59. The maximum atomic E-state index is 14.3. The van der Waals surface area contributed by atoms with Crippen molar-refractivity contribution < 1.29 is 38.4 Å². The maximum Gasteiger partial charge on any atom is 0.288 e. The number of amidine groups is 1. The van der Waals surface area contributed by atoms with E-state index in [1.54, 1.807) is 37.8 Å². The minimum atomic E-state index is -1.45. The van der Waals surface area contributed by atoms with E-state index >= 15 is 0 Å². The van der Waals surface area contributed by atoms with Crippen molar-refractivity contribution in [1.29, 1.82) is 0 Å². The van der Waals surface area contributed by atoms with Crippen molar-refractivity contribution in [1.82, 2.24) is 20.0 Å². The van der Waals surface area contributed by atoms with Gasteiger partial charge in [0, 0.05) is 52.7 Å². The third kappa shape index (κ3) is 9.17. The monoisotopic (exact) mass is 741 g/mol. The van der Waals surface area contributed by atoms with Gasteiger partial charge in [0.2, 0.25) is 17.7 Å². The van der Waals surface area contributed by atoms with Crippen LogP contribution < -0.4 is 5.32 Å². The molecule has 0 unspecified atom stereocenters. The normalized spacial score (nSPS) is 38.6. The van der Waals surface area contributed by atoms with Crippen LogP contribution in [0.1, 0.15) is 79.7 Å². The Labute approximate surface area is 315 Å². The second kappa shape index (κ2) is 17.0. The Kier molecular flexibility index (Phi) is 13.2. The van der Waals surface area contributed by atoms with Gasteiger partial charge in [0.25, 0.3) is 6.02 Å². The van der Waals surface area contributed by atoms with E-state index in [-0.39, 0.29) is 54.7 Å². The van der Waals surface area contributed by atoms with Gasteiger partial charge in [-0.1, -0.05) is 51.1 Å². The number of nitrogens with zero attached hydrogens (tertiary/aromatic N) is 4. The molecule has 0 bridgehead atoms. The number of carbonyl (C=O) groups excluding carboxylic acids is 3. The van der Waals surface area contributed by atoms with E-state index in [9.17, 15) is 19.5 Å². The van der Waals surface area contributed by atoms with Crippen molar-refractivity contribution in [2.24, 2.45) is 22.7 Å². The summed E-state index contributed by atoms with van der Waals surface area (Å²) >= 11 is 0. The number of carbonyl (C=O) groups is 3. The summed E-state index contributed by atoms with van der Waals surface area (Å²) in [6.07, 6.45) is -0.609. The molecule has 4 aliphatic rings. The Morgan fingerprint density at radius 1 is 1.08 bits per heavy atom. The second-order valence-corrected chi connectivity index (χ2v) is 16.5. The molecule has 4 heterocycles. The summed E-state index contributed by atoms with van der Waals surface area (Å²) < 4.78 is 25.8. The highest BCUT2D eigenvalue weighted by molar-refractivity contribution is 5.93. The Hall–Kier alpha value is -3.26. The highest BCUT2D eigenvalue weighted by Gasteiger charge is 2.53.